The number of hydrogen-bond acceptors (Lipinski definition) is 2. The van der Waals surface area contributed by atoms with Gasteiger partial charge in [-0.15, -0.1) is 0 Å². The van der Waals surface area contributed by atoms with Crippen LogP contribution in [0, 0.1) is 5.92 Å². The number of rotatable bonds is 9. The first-order valence-corrected chi connectivity index (χ1v) is 8.20. The van der Waals surface area contributed by atoms with E-state index in [0.717, 1.165) is 31.2 Å². The Morgan fingerprint density at radius 1 is 1.25 bits per heavy atom. The molecule has 3 heteroatoms. The van der Waals surface area contributed by atoms with Gasteiger partial charge in [0.25, 0.3) is 0 Å². The summed E-state index contributed by atoms with van der Waals surface area (Å²) < 4.78 is 0. The molecule has 1 aromatic carbocycles. The monoisotopic (exact) mass is 296 g/mol. The van der Waals surface area contributed by atoms with Crippen molar-refractivity contribution in [2.45, 2.75) is 47.1 Å². The minimum Gasteiger partial charge on any atom is -0.372 e. The highest BCUT2D eigenvalue weighted by atomic mass is 35.5. The second-order valence-electron chi connectivity index (χ2n) is 5.73. The standard InChI is InChI=1S/C17H29ClN2/c1-5-7-10-20(6-2)17-11-16(18)9-8-15(17)13-19-12-14(3)4/h8-9,11,14,19H,5-7,10,12-13H2,1-4H3. The number of halogens is 1. The van der Waals surface area contributed by atoms with Gasteiger partial charge in [-0.2, -0.15) is 0 Å². The second-order valence-corrected chi connectivity index (χ2v) is 6.17. The smallest absolute Gasteiger partial charge is 0.0426 e. The zero-order valence-electron chi connectivity index (χ0n) is 13.4. The van der Waals surface area contributed by atoms with E-state index in [4.69, 9.17) is 11.6 Å². The van der Waals surface area contributed by atoms with Gasteiger partial charge in [0.2, 0.25) is 0 Å². The summed E-state index contributed by atoms with van der Waals surface area (Å²) in [5.74, 6) is 0.674. The Bertz CT molecular complexity index is 391. The maximum Gasteiger partial charge on any atom is 0.0426 e. The lowest BCUT2D eigenvalue weighted by Gasteiger charge is -2.26. The first kappa shape index (κ1) is 17.3. The predicted molar refractivity (Wildman–Crippen MR) is 90.8 cm³/mol. The van der Waals surface area contributed by atoms with Gasteiger partial charge < -0.3 is 10.2 Å². The van der Waals surface area contributed by atoms with E-state index in [1.165, 1.54) is 24.1 Å². The molecule has 0 aliphatic rings. The van der Waals surface area contributed by atoms with Crippen molar-refractivity contribution in [2.24, 2.45) is 5.92 Å². The number of nitrogens with one attached hydrogen (secondary N) is 1. The summed E-state index contributed by atoms with van der Waals surface area (Å²) in [6.07, 6.45) is 2.44. The van der Waals surface area contributed by atoms with Gasteiger partial charge in [0, 0.05) is 30.3 Å². The third-order valence-corrected chi connectivity index (χ3v) is 3.65. The van der Waals surface area contributed by atoms with E-state index >= 15 is 0 Å². The van der Waals surface area contributed by atoms with Gasteiger partial charge in [0.1, 0.15) is 0 Å². The quantitative estimate of drug-likeness (QED) is 0.710. The highest BCUT2D eigenvalue weighted by molar-refractivity contribution is 6.30. The van der Waals surface area contributed by atoms with Crippen LogP contribution in [0.25, 0.3) is 0 Å². The zero-order chi connectivity index (χ0) is 15.0. The largest absolute Gasteiger partial charge is 0.372 e. The van der Waals surface area contributed by atoms with Crippen LogP contribution in [0.15, 0.2) is 18.2 Å². The average Bonchev–Trinajstić information content (AvgIpc) is 2.41. The van der Waals surface area contributed by atoms with E-state index in [9.17, 15) is 0 Å². The molecule has 0 heterocycles. The lowest BCUT2D eigenvalue weighted by atomic mass is 10.1. The number of unbranched alkanes of at least 4 members (excludes halogenated alkanes) is 1. The first-order chi connectivity index (χ1) is 9.58. The van der Waals surface area contributed by atoms with Crippen LogP contribution in [0.2, 0.25) is 5.02 Å². The molecule has 1 N–H and O–H groups in total. The molecule has 0 unspecified atom stereocenters. The van der Waals surface area contributed by atoms with Crippen LogP contribution in [0.1, 0.15) is 46.1 Å². The maximum absolute atomic E-state index is 6.19. The molecule has 114 valence electrons. The Kier molecular flexibility index (Phi) is 8.01. The molecule has 0 fully saturated rings. The molecule has 0 saturated heterocycles. The van der Waals surface area contributed by atoms with Gasteiger partial charge in [-0.05, 0) is 43.5 Å². The summed E-state index contributed by atoms with van der Waals surface area (Å²) in [4.78, 5) is 2.43. The third kappa shape index (κ3) is 5.72. The molecule has 2 nitrogen and oxygen atoms in total. The van der Waals surface area contributed by atoms with Crippen molar-refractivity contribution in [2.75, 3.05) is 24.5 Å². The summed E-state index contributed by atoms with van der Waals surface area (Å²) in [6.45, 7) is 13.0. The molecule has 1 aromatic rings. The highest BCUT2D eigenvalue weighted by Crippen LogP contribution is 2.25. The van der Waals surface area contributed by atoms with Crippen molar-refractivity contribution in [3.8, 4) is 0 Å². The summed E-state index contributed by atoms with van der Waals surface area (Å²) >= 11 is 6.19. The van der Waals surface area contributed by atoms with Crippen LogP contribution < -0.4 is 10.2 Å². The number of hydrogen-bond donors (Lipinski definition) is 1. The molecular weight excluding hydrogens is 268 g/mol. The van der Waals surface area contributed by atoms with E-state index in [0.29, 0.717) is 5.92 Å². The van der Waals surface area contributed by atoms with Gasteiger partial charge in [-0.3, -0.25) is 0 Å². The second kappa shape index (κ2) is 9.25. The summed E-state index contributed by atoms with van der Waals surface area (Å²) in [7, 11) is 0. The van der Waals surface area contributed by atoms with Crippen molar-refractivity contribution in [3.63, 3.8) is 0 Å². The van der Waals surface area contributed by atoms with Crippen LogP contribution in [-0.4, -0.2) is 19.6 Å². The SMILES string of the molecule is CCCCN(CC)c1cc(Cl)ccc1CNCC(C)C. The van der Waals surface area contributed by atoms with Crippen molar-refractivity contribution in [1.29, 1.82) is 0 Å². The molecule has 0 saturated carbocycles. The lowest BCUT2D eigenvalue weighted by molar-refractivity contribution is 0.552. The van der Waals surface area contributed by atoms with Gasteiger partial charge in [-0.25, -0.2) is 0 Å². The molecule has 1 rings (SSSR count). The van der Waals surface area contributed by atoms with Crippen LogP contribution in [-0.2, 0) is 6.54 Å². The van der Waals surface area contributed by atoms with E-state index in [-0.39, 0.29) is 0 Å². The molecule has 0 radical (unpaired) electrons. The van der Waals surface area contributed by atoms with Crippen molar-refractivity contribution in [1.82, 2.24) is 5.32 Å². The maximum atomic E-state index is 6.19. The Balaban J connectivity index is 2.82. The fraction of sp³-hybridized carbons (Fsp3) is 0.647. The highest BCUT2D eigenvalue weighted by Gasteiger charge is 2.10. The first-order valence-electron chi connectivity index (χ1n) is 7.82. The van der Waals surface area contributed by atoms with Crippen LogP contribution >= 0.6 is 11.6 Å². The van der Waals surface area contributed by atoms with Gasteiger partial charge in [-0.1, -0.05) is 44.9 Å². The normalized spacial score (nSPS) is 11.1. The Labute approximate surface area is 129 Å². The van der Waals surface area contributed by atoms with Crippen LogP contribution in [0.3, 0.4) is 0 Å². The van der Waals surface area contributed by atoms with E-state index in [1.54, 1.807) is 0 Å². The summed E-state index contributed by atoms with van der Waals surface area (Å²) in [5, 5.41) is 4.35. The minimum atomic E-state index is 0.674. The van der Waals surface area contributed by atoms with E-state index < -0.39 is 0 Å². The molecule has 0 aliphatic carbocycles. The molecule has 0 spiro atoms. The van der Waals surface area contributed by atoms with Crippen molar-refractivity contribution >= 4 is 17.3 Å². The summed E-state index contributed by atoms with van der Waals surface area (Å²) in [5.41, 5.74) is 2.62. The Hall–Kier alpha value is -0.730. The molecule has 0 aromatic heterocycles. The average molecular weight is 297 g/mol. The van der Waals surface area contributed by atoms with Crippen molar-refractivity contribution in [3.05, 3.63) is 28.8 Å². The topological polar surface area (TPSA) is 15.3 Å². The van der Waals surface area contributed by atoms with Gasteiger partial charge >= 0.3 is 0 Å². The van der Waals surface area contributed by atoms with Gasteiger partial charge in [0.05, 0.1) is 0 Å². The fourth-order valence-electron chi connectivity index (χ4n) is 2.27. The molecule has 0 atom stereocenters. The number of benzene rings is 1. The number of nitrogens with zero attached hydrogens (tertiary/aromatic N) is 1. The number of anilines is 1. The lowest BCUT2D eigenvalue weighted by Crippen LogP contribution is -2.27. The Morgan fingerprint density at radius 2 is 2.00 bits per heavy atom. The van der Waals surface area contributed by atoms with Gasteiger partial charge in [0.15, 0.2) is 0 Å². The predicted octanol–water partition coefficient (Wildman–Crippen LogP) is 4.71. The Morgan fingerprint density at radius 3 is 2.60 bits per heavy atom. The molecule has 0 bridgehead atoms. The fourth-order valence-corrected chi connectivity index (χ4v) is 2.44. The van der Waals surface area contributed by atoms with Crippen molar-refractivity contribution < 1.29 is 0 Å². The third-order valence-electron chi connectivity index (χ3n) is 3.42. The van der Waals surface area contributed by atoms with E-state index in [1.807, 2.05) is 6.07 Å². The van der Waals surface area contributed by atoms with Crippen LogP contribution in [0.5, 0.6) is 0 Å². The van der Waals surface area contributed by atoms with E-state index in [2.05, 4.69) is 50.0 Å². The molecule has 0 amide bonds. The minimum absolute atomic E-state index is 0.674. The van der Waals surface area contributed by atoms with Crippen LogP contribution in [0.4, 0.5) is 5.69 Å². The summed E-state index contributed by atoms with van der Waals surface area (Å²) in [6, 6.07) is 6.25. The molecule has 0 aliphatic heterocycles. The molecular formula is C17H29ClN2. The molecule has 20 heavy (non-hydrogen) atoms. The zero-order valence-corrected chi connectivity index (χ0v) is 14.1.